The molecule has 92 valence electrons. The first-order valence-electron chi connectivity index (χ1n) is 5.56. The molecule has 0 radical (unpaired) electrons. The average molecular weight is 268 g/mol. The normalized spacial score (nSPS) is 12.1. The second-order valence-electron chi connectivity index (χ2n) is 5.61. The topological polar surface area (TPSA) is 33.0 Å². The lowest BCUT2D eigenvalue weighted by atomic mass is 10.2. The van der Waals surface area contributed by atoms with Crippen LogP contribution in [0.25, 0.3) is 0 Å². The van der Waals surface area contributed by atoms with Crippen molar-refractivity contribution < 1.29 is 4.43 Å². The first-order valence-corrected chi connectivity index (χ1v) is 8.85. The highest BCUT2D eigenvalue weighted by atomic mass is 35.5. The average Bonchev–Trinajstić information content (AvgIpc) is 2.15. The van der Waals surface area contributed by atoms with E-state index >= 15 is 0 Å². The van der Waals surface area contributed by atoms with Gasteiger partial charge in [0.1, 0.15) is 11.8 Å². The maximum atomic E-state index is 9.05. The zero-order chi connectivity index (χ0) is 13.3. The van der Waals surface area contributed by atoms with Crippen molar-refractivity contribution in [1.82, 2.24) is 0 Å². The summed E-state index contributed by atoms with van der Waals surface area (Å²) in [6.45, 7) is 10.8. The van der Waals surface area contributed by atoms with Crippen LogP contribution in [0.2, 0.25) is 23.2 Å². The van der Waals surface area contributed by atoms with Gasteiger partial charge in [-0.15, -0.1) is 0 Å². The van der Waals surface area contributed by atoms with Crippen LogP contribution in [0.5, 0.6) is 5.75 Å². The minimum Gasteiger partial charge on any atom is -0.543 e. The SMILES string of the molecule is CC(C)(C)[Si](C)(C)Oc1cc(Cl)ccc1C#N. The van der Waals surface area contributed by atoms with E-state index in [0.717, 1.165) is 0 Å². The third kappa shape index (κ3) is 3.24. The Morgan fingerprint density at radius 1 is 1.29 bits per heavy atom. The molecule has 0 atom stereocenters. The summed E-state index contributed by atoms with van der Waals surface area (Å²) < 4.78 is 6.10. The summed E-state index contributed by atoms with van der Waals surface area (Å²) in [5.41, 5.74) is 0.541. The van der Waals surface area contributed by atoms with E-state index in [1.165, 1.54) is 0 Å². The molecule has 1 rings (SSSR count). The molecule has 0 bridgehead atoms. The van der Waals surface area contributed by atoms with Crippen molar-refractivity contribution in [3.05, 3.63) is 28.8 Å². The largest absolute Gasteiger partial charge is 0.543 e. The minimum absolute atomic E-state index is 0.0992. The molecule has 4 heteroatoms. The number of halogens is 1. The zero-order valence-electron chi connectivity index (χ0n) is 11.0. The Morgan fingerprint density at radius 3 is 2.35 bits per heavy atom. The van der Waals surface area contributed by atoms with Crippen molar-refractivity contribution in [2.45, 2.75) is 38.9 Å². The standard InChI is InChI=1S/C13H18ClNOSi/c1-13(2,3)17(4,5)16-12-8-11(14)7-6-10(12)9-15/h6-8H,1-5H3. The van der Waals surface area contributed by atoms with Gasteiger partial charge in [0.05, 0.1) is 5.56 Å². The maximum absolute atomic E-state index is 9.05. The van der Waals surface area contributed by atoms with E-state index < -0.39 is 8.32 Å². The summed E-state index contributed by atoms with van der Waals surface area (Å²) in [6, 6.07) is 7.26. The number of rotatable bonds is 2. The molecule has 0 amide bonds. The molecule has 0 aliphatic rings. The van der Waals surface area contributed by atoms with E-state index in [4.69, 9.17) is 21.3 Å². The van der Waals surface area contributed by atoms with Gasteiger partial charge < -0.3 is 4.43 Å². The molecule has 0 fully saturated rings. The highest BCUT2D eigenvalue weighted by molar-refractivity contribution is 6.74. The van der Waals surface area contributed by atoms with Crippen molar-refractivity contribution in [1.29, 1.82) is 5.26 Å². The number of hydrogen-bond acceptors (Lipinski definition) is 2. The molecule has 0 N–H and O–H groups in total. The molecular weight excluding hydrogens is 250 g/mol. The van der Waals surface area contributed by atoms with Crippen LogP contribution in [0.1, 0.15) is 26.3 Å². The second kappa shape index (κ2) is 4.71. The van der Waals surface area contributed by atoms with E-state index in [2.05, 4.69) is 39.9 Å². The van der Waals surface area contributed by atoms with Gasteiger partial charge in [-0.25, -0.2) is 0 Å². The van der Waals surface area contributed by atoms with E-state index in [1.807, 2.05) is 0 Å². The maximum Gasteiger partial charge on any atom is 0.250 e. The second-order valence-corrected chi connectivity index (χ2v) is 10.8. The fourth-order valence-electron chi connectivity index (χ4n) is 1.10. The predicted octanol–water partition coefficient (Wildman–Crippen LogP) is 4.60. The minimum atomic E-state index is -1.93. The highest BCUT2D eigenvalue weighted by Crippen LogP contribution is 2.38. The molecule has 0 saturated heterocycles. The van der Waals surface area contributed by atoms with Gasteiger partial charge in [0.2, 0.25) is 0 Å². The summed E-state index contributed by atoms with van der Waals surface area (Å²) in [4.78, 5) is 0. The zero-order valence-corrected chi connectivity index (χ0v) is 12.7. The Kier molecular flexibility index (Phi) is 3.90. The lowest BCUT2D eigenvalue weighted by Crippen LogP contribution is -2.44. The van der Waals surface area contributed by atoms with Crippen LogP contribution in [0.15, 0.2) is 18.2 Å². The molecule has 0 heterocycles. The smallest absolute Gasteiger partial charge is 0.250 e. The van der Waals surface area contributed by atoms with Crippen molar-refractivity contribution in [3.8, 4) is 11.8 Å². The van der Waals surface area contributed by atoms with Crippen LogP contribution in [-0.2, 0) is 0 Å². The van der Waals surface area contributed by atoms with Gasteiger partial charge in [0.15, 0.2) is 0 Å². The van der Waals surface area contributed by atoms with Crippen molar-refractivity contribution in [3.63, 3.8) is 0 Å². The van der Waals surface area contributed by atoms with E-state index in [-0.39, 0.29) is 5.04 Å². The third-order valence-electron chi connectivity index (χ3n) is 3.24. The van der Waals surface area contributed by atoms with Crippen LogP contribution in [0, 0.1) is 11.3 Å². The Bertz CT molecular complexity index is 457. The van der Waals surface area contributed by atoms with Gasteiger partial charge in [0, 0.05) is 5.02 Å². The van der Waals surface area contributed by atoms with Gasteiger partial charge in [-0.05, 0) is 36.3 Å². The predicted molar refractivity (Wildman–Crippen MR) is 74.0 cm³/mol. The molecule has 1 aromatic carbocycles. The first-order chi connectivity index (χ1) is 7.67. The Hall–Kier alpha value is -0.983. The molecule has 17 heavy (non-hydrogen) atoms. The monoisotopic (exact) mass is 267 g/mol. The molecule has 0 saturated carbocycles. The van der Waals surface area contributed by atoms with Crippen LogP contribution in [0.4, 0.5) is 0 Å². The van der Waals surface area contributed by atoms with Crippen molar-refractivity contribution in [2.24, 2.45) is 0 Å². The number of benzene rings is 1. The molecule has 0 aliphatic heterocycles. The van der Waals surface area contributed by atoms with Gasteiger partial charge in [-0.1, -0.05) is 32.4 Å². The van der Waals surface area contributed by atoms with Crippen molar-refractivity contribution >= 4 is 19.9 Å². The number of hydrogen-bond donors (Lipinski definition) is 0. The van der Waals surface area contributed by atoms with Crippen LogP contribution >= 0.6 is 11.6 Å². The number of nitrogens with zero attached hydrogens (tertiary/aromatic N) is 1. The van der Waals surface area contributed by atoms with Gasteiger partial charge >= 0.3 is 0 Å². The van der Waals surface area contributed by atoms with Gasteiger partial charge in [0.25, 0.3) is 8.32 Å². The highest BCUT2D eigenvalue weighted by Gasteiger charge is 2.39. The van der Waals surface area contributed by atoms with Crippen LogP contribution in [0.3, 0.4) is 0 Å². The first kappa shape index (κ1) is 14.1. The van der Waals surface area contributed by atoms with Gasteiger partial charge in [-0.3, -0.25) is 0 Å². The Morgan fingerprint density at radius 2 is 1.88 bits per heavy atom. The summed E-state index contributed by atoms with van der Waals surface area (Å²) in [5, 5.41) is 9.75. The Balaban J connectivity index is 3.12. The lowest BCUT2D eigenvalue weighted by Gasteiger charge is -2.36. The lowest BCUT2D eigenvalue weighted by molar-refractivity contribution is 0.491. The summed E-state index contributed by atoms with van der Waals surface area (Å²) in [6.07, 6.45) is 0. The molecule has 0 spiro atoms. The molecule has 0 unspecified atom stereocenters. The number of nitriles is 1. The molecule has 1 aromatic rings. The molecule has 0 aliphatic carbocycles. The van der Waals surface area contributed by atoms with E-state index in [0.29, 0.717) is 16.3 Å². The third-order valence-corrected chi connectivity index (χ3v) is 7.81. The molecule has 2 nitrogen and oxygen atoms in total. The van der Waals surface area contributed by atoms with E-state index in [9.17, 15) is 0 Å². The summed E-state index contributed by atoms with van der Waals surface area (Å²) >= 11 is 5.94. The Labute approximate surface area is 109 Å². The van der Waals surface area contributed by atoms with Crippen molar-refractivity contribution in [2.75, 3.05) is 0 Å². The van der Waals surface area contributed by atoms with E-state index in [1.54, 1.807) is 18.2 Å². The summed E-state index contributed by atoms with van der Waals surface area (Å²) in [5.74, 6) is 0.603. The van der Waals surface area contributed by atoms with Crippen LogP contribution in [-0.4, -0.2) is 8.32 Å². The molecular formula is C13H18ClNOSi. The quantitative estimate of drug-likeness (QED) is 0.734. The van der Waals surface area contributed by atoms with Gasteiger partial charge in [-0.2, -0.15) is 5.26 Å². The fraction of sp³-hybridized carbons (Fsp3) is 0.462. The fourth-order valence-corrected chi connectivity index (χ4v) is 2.29. The van der Waals surface area contributed by atoms with Crippen LogP contribution < -0.4 is 4.43 Å². The summed E-state index contributed by atoms with van der Waals surface area (Å²) in [7, 11) is -1.93. The molecule has 0 aromatic heterocycles.